The van der Waals surface area contributed by atoms with E-state index in [4.69, 9.17) is 12.2 Å². The van der Waals surface area contributed by atoms with Crippen molar-refractivity contribution in [2.24, 2.45) is 0 Å². The molecule has 8 heteroatoms. The van der Waals surface area contributed by atoms with Crippen LogP contribution in [-0.4, -0.2) is 28.2 Å². The number of amides is 1. The molecule has 2 saturated heterocycles. The van der Waals surface area contributed by atoms with Crippen LogP contribution < -0.4 is 9.80 Å². The van der Waals surface area contributed by atoms with Gasteiger partial charge in [-0.15, -0.1) is 0 Å². The summed E-state index contributed by atoms with van der Waals surface area (Å²) >= 11 is 6.63. The number of carbonyl (C=O) groups is 1. The summed E-state index contributed by atoms with van der Waals surface area (Å²) in [4.78, 5) is 27.7. The predicted molar refractivity (Wildman–Crippen MR) is 121 cm³/mol. The molecule has 2 aliphatic heterocycles. The monoisotopic (exact) mass is 425 g/mol. The zero-order chi connectivity index (χ0) is 20.5. The van der Waals surface area contributed by atoms with Crippen LogP contribution in [0.25, 0.3) is 6.08 Å². The first kappa shape index (κ1) is 19.6. The van der Waals surface area contributed by atoms with Gasteiger partial charge in [0.2, 0.25) is 0 Å². The molecular formula is C21H19N3O3S2. The number of carbonyl (C=O) groups excluding carboxylic acids is 1. The fourth-order valence-corrected chi connectivity index (χ4v) is 4.84. The number of anilines is 2. The Hall–Kier alpha value is -2.71. The largest absolute Gasteiger partial charge is 0.372 e. The van der Waals surface area contributed by atoms with Gasteiger partial charge in [-0.2, -0.15) is 0 Å². The van der Waals surface area contributed by atoms with E-state index in [9.17, 15) is 14.9 Å². The smallest absolute Gasteiger partial charge is 0.270 e. The lowest BCUT2D eigenvalue weighted by molar-refractivity contribution is -0.384. The third-order valence-electron chi connectivity index (χ3n) is 5.12. The van der Waals surface area contributed by atoms with E-state index in [0.717, 1.165) is 24.2 Å². The Morgan fingerprint density at radius 1 is 1.10 bits per heavy atom. The maximum absolute atomic E-state index is 12.9. The van der Waals surface area contributed by atoms with Gasteiger partial charge in [-0.05, 0) is 61.2 Å². The number of rotatable bonds is 4. The molecule has 2 aliphatic rings. The van der Waals surface area contributed by atoms with Gasteiger partial charge in [-0.3, -0.25) is 19.8 Å². The highest BCUT2D eigenvalue weighted by Crippen LogP contribution is 2.37. The summed E-state index contributed by atoms with van der Waals surface area (Å²) in [6.07, 6.45) is 4.33. The van der Waals surface area contributed by atoms with E-state index < -0.39 is 4.92 Å². The van der Waals surface area contributed by atoms with E-state index >= 15 is 0 Å². The number of aryl methyl sites for hydroxylation is 1. The molecule has 148 valence electrons. The van der Waals surface area contributed by atoms with Gasteiger partial charge in [0.15, 0.2) is 4.32 Å². The van der Waals surface area contributed by atoms with Crippen molar-refractivity contribution in [2.45, 2.75) is 19.8 Å². The summed E-state index contributed by atoms with van der Waals surface area (Å²) in [5, 5.41) is 10.8. The molecule has 0 N–H and O–H groups in total. The molecule has 1 amide bonds. The maximum Gasteiger partial charge on any atom is 0.270 e. The van der Waals surface area contributed by atoms with E-state index in [2.05, 4.69) is 17.0 Å². The van der Waals surface area contributed by atoms with Crippen molar-refractivity contribution < 1.29 is 9.72 Å². The quantitative estimate of drug-likeness (QED) is 0.300. The van der Waals surface area contributed by atoms with Crippen molar-refractivity contribution in [1.29, 1.82) is 0 Å². The Morgan fingerprint density at radius 2 is 1.76 bits per heavy atom. The maximum atomic E-state index is 12.9. The molecule has 0 atom stereocenters. The van der Waals surface area contributed by atoms with Crippen LogP contribution in [0.2, 0.25) is 0 Å². The molecule has 2 heterocycles. The molecule has 0 unspecified atom stereocenters. The Bertz CT molecular complexity index is 1030. The second-order valence-electron chi connectivity index (χ2n) is 7.03. The van der Waals surface area contributed by atoms with Gasteiger partial charge in [0.25, 0.3) is 11.6 Å². The molecule has 2 fully saturated rings. The van der Waals surface area contributed by atoms with Crippen molar-refractivity contribution in [3.8, 4) is 0 Å². The number of benzene rings is 2. The predicted octanol–water partition coefficient (Wildman–Crippen LogP) is 4.91. The van der Waals surface area contributed by atoms with Crippen LogP contribution in [0.1, 0.15) is 24.0 Å². The molecule has 2 aromatic rings. The Morgan fingerprint density at radius 3 is 2.38 bits per heavy atom. The molecular weight excluding hydrogens is 406 g/mol. The van der Waals surface area contributed by atoms with Crippen LogP contribution in [-0.2, 0) is 4.79 Å². The van der Waals surface area contributed by atoms with Gasteiger partial charge in [-0.1, -0.05) is 30.0 Å². The van der Waals surface area contributed by atoms with Gasteiger partial charge < -0.3 is 4.90 Å². The molecule has 0 aliphatic carbocycles. The molecule has 0 bridgehead atoms. The minimum Gasteiger partial charge on any atom is -0.372 e. The second-order valence-corrected chi connectivity index (χ2v) is 8.70. The third-order valence-corrected chi connectivity index (χ3v) is 6.43. The highest BCUT2D eigenvalue weighted by molar-refractivity contribution is 8.27. The second kappa shape index (κ2) is 7.96. The van der Waals surface area contributed by atoms with E-state index in [-0.39, 0.29) is 11.6 Å². The number of hydrogen-bond donors (Lipinski definition) is 0. The summed E-state index contributed by atoms with van der Waals surface area (Å²) in [7, 11) is 0. The SMILES string of the molecule is Cc1cc(N2CCCC2)ccc1/C=C1\SC(=S)N(c2ccc([N+](=O)[O-])cc2)C1=O. The first-order chi connectivity index (χ1) is 13.9. The summed E-state index contributed by atoms with van der Waals surface area (Å²) in [6, 6.07) is 12.1. The number of thiocarbonyl (C=S) groups is 1. The van der Waals surface area contributed by atoms with Crippen LogP contribution in [0.4, 0.5) is 17.1 Å². The topological polar surface area (TPSA) is 66.7 Å². The van der Waals surface area contributed by atoms with Crippen molar-refractivity contribution in [1.82, 2.24) is 0 Å². The molecule has 0 aromatic heterocycles. The third kappa shape index (κ3) is 3.90. The van der Waals surface area contributed by atoms with Crippen LogP contribution in [0, 0.1) is 17.0 Å². The average Bonchev–Trinajstić information content (AvgIpc) is 3.32. The molecule has 0 spiro atoms. The highest BCUT2D eigenvalue weighted by Gasteiger charge is 2.33. The van der Waals surface area contributed by atoms with E-state index in [1.807, 2.05) is 19.1 Å². The highest BCUT2D eigenvalue weighted by atomic mass is 32.2. The van der Waals surface area contributed by atoms with E-state index in [1.54, 1.807) is 12.1 Å². The molecule has 4 rings (SSSR count). The van der Waals surface area contributed by atoms with Crippen LogP contribution in [0.15, 0.2) is 47.4 Å². The molecule has 2 aromatic carbocycles. The van der Waals surface area contributed by atoms with E-state index in [1.165, 1.54) is 47.3 Å². The number of hydrogen-bond acceptors (Lipinski definition) is 6. The summed E-state index contributed by atoms with van der Waals surface area (Å²) < 4.78 is 0.418. The Balaban J connectivity index is 1.58. The fourth-order valence-electron chi connectivity index (χ4n) is 3.55. The standard InChI is InChI=1S/C21H19N3O3S2/c1-14-12-18(22-10-2-3-11-22)5-4-15(14)13-19-20(25)23(21(28)29-19)16-6-8-17(9-7-16)24(26)27/h4-9,12-13H,2-3,10-11H2,1H3/b19-13-. The Kier molecular flexibility index (Phi) is 5.38. The van der Waals surface area contributed by atoms with Crippen molar-refractivity contribution in [2.75, 3.05) is 22.9 Å². The molecule has 6 nitrogen and oxygen atoms in total. The van der Waals surface area contributed by atoms with Crippen molar-refractivity contribution in [3.63, 3.8) is 0 Å². The lowest BCUT2D eigenvalue weighted by Gasteiger charge is -2.18. The summed E-state index contributed by atoms with van der Waals surface area (Å²) in [6.45, 7) is 4.22. The zero-order valence-electron chi connectivity index (χ0n) is 15.8. The first-order valence-electron chi connectivity index (χ1n) is 9.32. The van der Waals surface area contributed by atoms with Crippen LogP contribution in [0.3, 0.4) is 0 Å². The number of nitro benzene ring substituents is 1. The minimum absolute atomic E-state index is 0.0246. The van der Waals surface area contributed by atoms with Gasteiger partial charge in [-0.25, -0.2) is 0 Å². The van der Waals surface area contributed by atoms with Crippen LogP contribution in [0.5, 0.6) is 0 Å². The molecule has 0 radical (unpaired) electrons. The summed E-state index contributed by atoms with van der Waals surface area (Å²) in [5.41, 5.74) is 3.81. The fraction of sp³-hybridized carbons (Fsp3) is 0.238. The average molecular weight is 426 g/mol. The summed E-state index contributed by atoms with van der Waals surface area (Å²) in [5.74, 6) is -0.211. The van der Waals surface area contributed by atoms with Crippen molar-refractivity contribution in [3.05, 3.63) is 68.6 Å². The number of thioether (sulfide) groups is 1. The van der Waals surface area contributed by atoms with Gasteiger partial charge in [0.05, 0.1) is 15.5 Å². The lowest BCUT2D eigenvalue weighted by atomic mass is 10.1. The van der Waals surface area contributed by atoms with Gasteiger partial charge >= 0.3 is 0 Å². The number of nitro groups is 1. The lowest BCUT2D eigenvalue weighted by Crippen LogP contribution is -2.27. The Labute approximate surface area is 178 Å². The number of nitrogens with zero attached hydrogens (tertiary/aromatic N) is 3. The van der Waals surface area contributed by atoms with Crippen molar-refractivity contribution >= 4 is 57.3 Å². The molecule has 29 heavy (non-hydrogen) atoms. The minimum atomic E-state index is -0.470. The van der Waals surface area contributed by atoms with Gasteiger partial charge in [0, 0.05) is 30.9 Å². The van der Waals surface area contributed by atoms with E-state index in [0.29, 0.717) is 14.9 Å². The molecule has 0 saturated carbocycles. The zero-order valence-corrected chi connectivity index (χ0v) is 17.5. The normalized spacial score (nSPS) is 18.2. The van der Waals surface area contributed by atoms with Gasteiger partial charge in [0.1, 0.15) is 0 Å². The van der Waals surface area contributed by atoms with Crippen LogP contribution >= 0.6 is 24.0 Å². The number of non-ortho nitro benzene ring substituents is 1. The first-order valence-corrected chi connectivity index (χ1v) is 10.5.